The number of benzene rings is 1. The zero-order valence-corrected chi connectivity index (χ0v) is 13.4. The third kappa shape index (κ3) is 3.19. The Bertz CT molecular complexity index is 426. The summed E-state index contributed by atoms with van der Waals surface area (Å²) in [6.07, 6.45) is 3.90. The van der Waals surface area contributed by atoms with E-state index in [1.54, 1.807) is 7.11 Å². The quantitative estimate of drug-likeness (QED) is 0.837. The van der Waals surface area contributed by atoms with Gasteiger partial charge in [-0.25, -0.2) is 0 Å². The molecule has 2 atom stereocenters. The van der Waals surface area contributed by atoms with Gasteiger partial charge in [-0.15, -0.1) is 0 Å². The molecule has 0 amide bonds. The van der Waals surface area contributed by atoms with Gasteiger partial charge in [0.05, 0.1) is 29.4 Å². The lowest BCUT2D eigenvalue weighted by molar-refractivity contribution is 0.116. The second-order valence-corrected chi connectivity index (χ2v) is 6.28. The Kier molecular flexibility index (Phi) is 4.92. The molecular weight excluding hydrogens is 362 g/mol. The van der Waals surface area contributed by atoms with Crippen LogP contribution in [0.15, 0.2) is 21.1 Å². The molecule has 0 unspecified atom stereocenters. The summed E-state index contributed by atoms with van der Waals surface area (Å²) in [6.45, 7) is 0. The van der Waals surface area contributed by atoms with Crippen LogP contribution in [0.5, 0.6) is 5.75 Å². The van der Waals surface area contributed by atoms with Gasteiger partial charge in [0.15, 0.2) is 0 Å². The number of rotatable bonds is 3. The minimum absolute atomic E-state index is 0.126. The Labute approximate surface area is 124 Å². The van der Waals surface area contributed by atoms with E-state index in [2.05, 4.69) is 37.2 Å². The molecule has 3 nitrogen and oxygen atoms in total. The first-order valence-corrected chi connectivity index (χ1v) is 7.68. The fourth-order valence-electron chi connectivity index (χ4n) is 2.28. The molecule has 0 bridgehead atoms. The second kappa shape index (κ2) is 6.26. The van der Waals surface area contributed by atoms with Crippen molar-refractivity contribution in [3.05, 3.63) is 21.1 Å². The molecule has 1 aliphatic rings. The summed E-state index contributed by atoms with van der Waals surface area (Å²) in [6, 6.07) is 4.02. The number of halogens is 2. The summed E-state index contributed by atoms with van der Waals surface area (Å²) in [4.78, 5) is 0. The lowest BCUT2D eigenvalue weighted by atomic mass is 9.92. The molecule has 0 aliphatic heterocycles. The van der Waals surface area contributed by atoms with Gasteiger partial charge in [-0.3, -0.25) is 0 Å². The monoisotopic (exact) mass is 377 g/mol. The fraction of sp³-hybridized carbons (Fsp3) is 0.538. The molecule has 1 saturated carbocycles. The van der Waals surface area contributed by atoms with Gasteiger partial charge in [-0.1, -0.05) is 12.8 Å². The van der Waals surface area contributed by atoms with Gasteiger partial charge in [0.1, 0.15) is 5.75 Å². The second-order valence-electron chi connectivity index (χ2n) is 4.57. The van der Waals surface area contributed by atoms with Gasteiger partial charge < -0.3 is 15.2 Å². The first-order chi connectivity index (χ1) is 8.61. The summed E-state index contributed by atoms with van der Waals surface area (Å²) < 4.78 is 7.16. The van der Waals surface area contributed by atoms with Crippen LogP contribution in [0.2, 0.25) is 0 Å². The third-order valence-electron chi connectivity index (χ3n) is 3.31. The van der Waals surface area contributed by atoms with Crippen molar-refractivity contribution in [2.75, 3.05) is 12.4 Å². The molecule has 5 heteroatoms. The van der Waals surface area contributed by atoms with Crippen LogP contribution in [0, 0.1) is 0 Å². The average Bonchev–Trinajstić information content (AvgIpc) is 2.35. The highest BCUT2D eigenvalue weighted by atomic mass is 79.9. The van der Waals surface area contributed by atoms with Crippen LogP contribution in [0.3, 0.4) is 0 Å². The molecule has 0 saturated heterocycles. The molecule has 2 N–H and O–H groups in total. The maximum absolute atomic E-state index is 9.98. The number of nitrogens with one attached hydrogen (secondary N) is 1. The zero-order chi connectivity index (χ0) is 13.1. The predicted molar refractivity (Wildman–Crippen MR) is 80.3 cm³/mol. The Hall–Kier alpha value is -0.260. The molecule has 1 aromatic rings. The van der Waals surface area contributed by atoms with Gasteiger partial charge in [-0.2, -0.15) is 0 Å². The van der Waals surface area contributed by atoms with Crippen LogP contribution < -0.4 is 10.1 Å². The number of ether oxygens (including phenoxy) is 1. The SMILES string of the molecule is COc1cc(N[C@@H]2CCCC[C@H]2O)c(Br)cc1Br. The Balaban J connectivity index is 2.17. The Morgan fingerprint density at radius 3 is 2.61 bits per heavy atom. The van der Waals surface area contributed by atoms with E-state index in [0.717, 1.165) is 39.6 Å². The van der Waals surface area contributed by atoms with E-state index in [4.69, 9.17) is 4.74 Å². The van der Waals surface area contributed by atoms with Crippen LogP contribution in [0.1, 0.15) is 25.7 Å². The number of anilines is 1. The highest BCUT2D eigenvalue weighted by Gasteiger charge is 2.23. The lowest BCUT2D eigenvalue weighted by Crippen LogP contribution is -2.36. The minimum atomic E-state index is -0.264. The largest absolute Gasteiger partial charge is 0.495 e. The standard InChI is InChI=1S/C13H17Br2NO2/c1-18-13-7-11(8(14)6-9(13)15)16-10-4-2-3-5-12(10)17/h6-7,10,12,16-17H,2-5H2,1H3/t10-,12-/m1/s1. The van der Waals surface area contributed by atoms with Crippen molar-refractivity contribution in [3.63, 3.8) is 0 Å². The normalized spacial score (nSPS) is 23.8. The topological polar surface area (TPSA) is 41.5 Å². The van der Waals surface area contributed by atoms with Gasteiger partial charge in [-0.05, 0) is 50.8 Å². The molecule has 0 radical (unpaired) electrons. The van der Waals surface area contributed by atoms with Gasteiger partial charge in [0.25, 0.3) is 0 Å². The molecule has 1 aliphatic carbocycles. The van der Waals surface area contributed by atoms with Crippen molar-refractivity contribution < 1.29 is 9.84 Å². The van der Waals surface area contributed by atoms with Crippen molar-refractivity contribution >= 4 is 37.5 Å². The van der Waals surface area contributed by atoms with Gasteiger partial charge >= 0.3 is 0 Å². The fourth-order valence-corrected chi connectivity index (χ4v) is 3.55. The van der Waals surface area contributed by atoms with Gasteiger partial charge in [0.2, 0.25) is 0 Å². The van der Waals surface area contributed by atoms with E-state index in [0.29, 0.717) is 0 Å². The van der Waals surface area contributed by atoms with Crippen LogP contribution in [0.4, 0.5) is 5.69 Å². The Morgan fingerprint density at radius 2 is 1.94 bits per heavy atom. The minimum Gasteiger partial charge on any atom is -0.495 e. The number of methoxy groups -OCH3 is 1. The molecule has 1 fully saturated rings. The first-order valence-electron chi connectivity index (χ1n) is 6.09. The van der Waals surface area contributed by atoms with E-state index in [-0.39, 0.29) is 12.1 Å². The number of aliphatic hydroxyl groups is 1. The molecule has 1 aromatic carbocycles. The van der Waals surface area contributed by atoms with Crippen molar-refractivity contribution in [2.45, 2.75) is 37.8 Å². The van der Waals surface area contributed by atoms with Crippen LogP contribution in [-0.2, 0) is 0 Å². The summed E-state index contributed by atoms with van der Waals surface area (Å²) in [5.74, 6) is 0.783. The van der Waals surface area contributed by atoms with E-state index in [1.165, 1.54) is 6.42 Å². The lowest BCUT2D eigenvalue weighted by Gasteiger charge is -2.29. The predicted octanol–water partition coefficient (Wildman–Crippen LogP) is 3.94. The maximum atomic E-state index is 9.98. The number of hydrogen-bond acceptors (Lipinski definition) is 3. The number of aliphatic hydroxyl groups excluding tert-OH is 1. The zero-order valence-electron chi connectivity index (χ0n) is 10.2. The molecule has 0 heterocycles. The molecule has 2 rings (SSSR count). The average molecular weight is 379 g/mol. The molecule has 0 spiro atoms. The summed E-state index contributed by atoms with van der Waals surface area (Å²) in [5.41, 5.74) is 0.959. The Morgan fingerprint density at radius 1 is 1.22 bits per heavy atom. The van der Waals surface area contributed by atoms with Crippen molar-refractivity contribution in [1.29, 1.82) is 0 Å². The van der Waals surface area contributed by atoms with E-state index >= 15 is 0 Å². The van der Waals surface area contributed by atoms with Crippen LogP contribution in [0.25, 0.3) is 0 Å². The molecule has 100 valence electrons. The van der Waals surface area contributed by atoms with Crippen molar-refractivity contribution in [2.24, 2.45) is 0 Å². The number of hydrogen-bond donors (Lipinski definition) is 2. The smallest absolute Gasteiger partial charge is 0.135 e. The van der Waals surface area contributed by atoms with E-state index < -0.39 is 0 Å². The summed E-state index contributed by atoms with van der Waals surface area (Å²) in [7, 11) is 1.65. The van der Waals surface area contributed by atoms with Gasteiger partial charge in [0, 0.05) is 10.5 Å². The highest BCUT2D eigenvalue weighted by Crippen LogP contribution is 2.35. The summed E-state index contributed by atoms with van der Waals surface area (Å²) >= 11 is 6.97. The van der Waals surface area contributed by atoms with Crippen molar-refractivity contribution in [1.82, 2.24) is 0 Å². The summed E-state index contributed by atoms with van der Waals surface area (Å²) in [5, 5.41) is 13.4. The highest BCUT2D eigenvalue weighted by molar-refractivity contribution is 9.11. The first kappa shape index (κ1) is 14.2. The van der Waals surface area contributed by atoms with Crippen LogP contribution in [-0.4, -0.2) is 24.4 Å². The molecule has 0 aromatic heterocycles. The van der Waals surface area contributed by atoms with E-state index in [9.17, 15) is 5.11 Å². The third-order valence-corrected chi connectivity index (χ3v) is 4.59. The molecular formula is C13H17Br2NO2. The van der Waals surface area contributed by atoms with Crippen LogP contribution >= 0.6 is 31.9 Å². The van der Waals surface area contributed by atoms with Crippen molar-refractivity contribution in [3.8, 4) is 5.75 Å². The maximum Gasteiger partial charge on any atom is 0.135 e. The molecule has 18 heavy (non-hydrogen) atoms. The van der Waals surface area contributed by atoms with E-state index in [1.807, 2.05) is 12.1 Å².